The summed E-state index contributed by atoms with van der Waals surface area (Å²) in [5.74, 6) is 2.18. The highest BCUT2D eigenvalue weighted by Gasteiger charge is 2.19. The van der Waals surface area contributed by atoms with Crippen molar-refractivity contribution in [3.63, 3.8) is 0 Å². The van der Waals surface area contributed by atoms with Crippen molar-refractivity contribution in [3.8, 4) is 5.75 Å². The van der Waals surface area contributed by atoms with E-state index in [9.17, 15) is 9.18 Å². The van der Waals surface area contributed by atoms with Crippen molar-refractivity contribution in [2.24, 2.45) is 0 Å². The Labute approximate surface area is 159 Å². The van der Waals surface area contributed by atoms with Crippen molar-refractivity contribution < 1.29 is 13.9 Å². The zero-order chi connectivity index (χ0) is 17.8. The number of amides is 1. The van der Waals surface area contributed by atoms with Crippen LogP contribution in [0.15, 0.2) is 42.5 Å². The first-order chi connectivity index (χ1) is 12.0. The third-order valence-electron chi connectivity index (χ3n) is 3.65. The number of carbonyl (C=O) groups is 1. The fourth-order valence-corrected chi connectivity index (χ4v) is 5.41. The van der Waals surface area contributed by atoms with Gasteiger partial charge >= 0.3 is 0 Å². The first kappa shape index (κ1) is 18.4. The highest BCUT2D eigenvalue weighted by Crippen LogP contribution is 2.45. The van der Waals surface area contributed by atoms with Gasteiger partial charge in [-0.2, -0.15) is 0 Å². The highest BCUT2D eigenvalue weighted by atomic mass is 35.5. The Hall–Kier alpha value is -1.37. The summed E-state index contributed by atoms with van der Waals surface area (Å²) < 4.78 is 19.2. The van der Waals surface area contributed by atoms with Crippen LogP contribution in [0.2, 0.25) is 5.02 Å². The minimum atomic E-state index is -0.706. The van der Waals surface area contributed by atoms with Crippen LogP contribution < -0.4 is 10.1 Å². The smallest absolute Gasteiger partial charge is 0.265 e. The molecule has 0 radical (unpaired) electrons. The van der Waals surface area contributed by atoms with Gasteiger partial charge in [0.1, 0.15) is 11.6 Å². The third-order valence-corrected chi connectivity index (χ3v) is 7.06. The van der Waals surface area contributed by atoms with E-state index >= 15 is 0 Å². The minimum Gasteiger partial charge on any atom is -0.481 e. The number of carbonyl (C=O) groups excluding carboxylic acids is 1. The molecular weight excluding hydrogens is 381 g/mol. The maximum Gasteiger partial charge on any atom is 0.265 e. The molecule has 1 atom stereocenters. The fourth-order valence-electron chi connectivity index (χ4n) is 2.34. The number of benzene rings is 2. The highest BCUT2D eigenvalue weighted by molar-refractivity contribution is 8.19. The summed E-state index contributed by atoms with van der Waals surface area (Å²) in [6, 6.07) is 11.6. The molecule has 3 nitrogen and oxygen atoms in total. The first-order valence-corrected chi connectivity index (χ1v) is 10.3. The molecule has 0 spiro atoms. The lowest BCUT2D eigenvalue weighted by atomic mass is 10.2. The van der Waals surface area contributed by atoms with E-state index < -0.39 is 11.9 Å². The number of hydrogen-bond acceptors (Lipinski definition) is 4. The van der Waals surface area contributed by atoms with Crippen LogP contribution in [0.25, 0.3) is 0 Å². The SMILES string of the molecule is C[C@@H](Oc1ccc(C2SCCS2)cc1)C(=O)Nc1ccc(F)cc1Cl. The maximum absolute atomic E-state index is 13.1. The van der Waals surface area contributed by atoms with E-state index in [0.717, 1.165) is 6.07 Å². The standard InChI is InChI=1S/C18H17ClFNO2S2/c1-11(17(22)21-16-7-4-13(20)10-15(16)19)23-14-5-2-12(3-6-14)18-24-8-9-25-18/h2-7,10-11,18H,8-9H2,1H3,(H,21,22)/t11-/m1/s1. The number of halogens is 2. The van der Waals surface area contributed by atoms with Gasteiger partial charge in [-0.25, -0.2) is 4.39 Å². The Kier molecular flexibility index (Phi) is 6.15. The van der Waals surface area contributed by atoms with Crippen molar-refractivity contribution in [2.75, 3.05) is 16.8 Å². The Morgan fingerprint density at radius 2 is 1.92 bits per heavy atom. The zero-order valence-electron chi connectivity index (χ0n) is 13.5. The Bertz CT molecular complexity index is 751. The predicted octanol–water partition coefficient (Wildman–Crippen LogP) is 5.36. The second-order valence-electron chi connectivity index (χ2n) is 5.52. The van der Waals surface area contributed by atoms with Crippen LogP contribution in [0.1, 0.15) is 17.1 Å². The van der Waals surface area contributed by atoms with E-state index in [4.69, 9.17) is 16.3 Å². The van der Waals surface area contributed by atoms with E-state index in [1.165, 1.54) is 29.2 Å². The normalized spacial score (nSPS) is 15.8. The molecule has 3 rings (SSSR count). The monoisotopic (exact) mass is 397 g/mol. The molecular formula is C18H17ClFNO2S2. The molecule has 132 valence electrons. The summed E-state index contributed by atoms with van der Waals surface area (Å²) in [6.45, 7) is 1.66. The number of hydrogen-bond donors (Lipinski definition) is 1. The molecule has 0 aromatic heterocycles. The molecule has 1 amide bonds. The van der Waals surface area contributed by atoms with Gasteiger partial charge in [0.05, 0.1) is 15.3 Å². The van der Waals surface area contributed by atoms with Gasteiger partial charge in [-0.3, -0.25) is 4.79 Å². The van der Waals surface area contributed by atoms with Crippen LogP contribution in [-0.4, -0.2) is 23.5 Å². The van der Waals surface area contributed by atoms with E-state index in [1.54, 1.807) is 6.92 Å². The van der Waals surface area contributed by atoms with Gasteiger partial charge in [-0.05, 0) is 42.8 Å². The molecule has 1 fully saturated rings. The maximum atomic E-state index is 13.1. The van der Waals surface area contributed by atoms with Gasteiger partial charge in [0, 0.05) is 11.5 Å². The van der Waals surface area contributed by atoms with Crippen molar-refractivity contribution in [1.82, 2.24) is 0 Å². The van der Waals surface area contributed by atoms with Gasteiger partial charge in [-0.15, -0.1) is 23.5 Å². The summed E-state index contributed by atoms with van der Waals surface area (Å²) in [7, 11) is 0. The van der Waals surface area contributed by atoms with Crippen molar-refractivity contribution in [2.45, 2.75) is 17.6 Å². The van der Waals surface area contributed by atoms with Crippen LogP contribution in [0.5, 0.6) is 5.75 Å². The first-order valence-electron chi connectivity index (χ1n) is 7.78. The van der Waals surface area contributed by atoms with Crippen molar-refractivity contribution >= 4 is 46.7 Å². The van der Waals surface area contributed by atoms with Crippen LogP contribution in [0, 0.1) is 5.82 Å². The Morgan fingerprint density at radius 3 is 2.56 bits per heavy atom. The quantitative estimate of drug-likeness (QED) is 0.736. The lowest BCUT2D eigenvalue weighted by molar-refractivity contribution is -0.122. The second kappa shape index (κ2) is 8.34. The van der Waals surface area contributed by atoms with Crippen LogP contribution in [0.4, 0.5) is 10.1 Å². The molecule has 0 unspecified atom stereocenters. The zero-order valence-corrected chi connectivity index (χ0v) is 15.9. The number of thioether (sulfide) groups is 2. The molecule has 2 aromatic rings. The molecule has 2 aromatic carbocycles. The molecule has 7 heteroatoms. The number of rotatable bonds is 5. The molecule has 1 N–H and O–H groups in total. The van der Waals surface area contributed by atoms with Crippen LogP contribution in [0.3, 0.4) is 0 Å². The number of ether oxygens (including phenoxy) is 1. The largest absolute Gasteiger partial charge is 0.481 e. The van der Waals surface area contributed by atoms with Gasteiger partial charge in [0.15, 0.2) is 6.10 Å². The number of anilines is 1. The molecule has 1 aliphatic heterocycles. The van der Waals surface area contributed by atoms with Crippen LogP contribution >= 0.6 is 35.1 Å². The van der Waals surface area contributed by atoms with Crippen LogP contribution in [-0.2, 0) is 4.79 Å². The molecule has 0 aliphatic carbocycles. The molecule has 1 saturated heterocycles. The van der Waals surface area contributed by atoms with Gasteiger partial charge in [0.2, 0.25) is 0 Å². The summed E-state index contributed by atoms with van der Waals surface area (Å²) in [5.41, 5.74) is 1.61. The summed E-state index contributed by atoms with van der Waals surface area (Å²) in [5, 5.41) is 2.79. The summed E-state index contributed by atoms with van der Waals surface area (Å²) >= 11 is 9.80. The average Bonchev–Trinajstić information content (AvgIpc) is 3.12. The minimum absolute atomic E-state index is 0.150. The summed E-state index contributed by atoms with van der Waals surface area (Å²) in [4.78, 5) is 12.2. The molecule has 0 bridgehead atoms. The third kappa shape index (κ3) is 4.84. The topological polar surface area (TPSA) is 38.3 Å². The Balaban J connectivity index is 1.59. The van der Waals surface area contributed by atoms with E-state index in [0.29, 0.717) is 16.0 Å². The lowest BCUT2D eigenvalue weighted by Crippen LogP contribution is -2.30. The molecule has 25 heavy (non-hydrogen) atoms. The van der Waals surface area contributed by atoms with Gasteiger partial charge in [0.25, 0.3) is 5.91 Å². The van der Waals surface area contributed by atoms with Crippen molar-refractivity contribution in [3.05, 3.63) is 58.9 Å². The predicted molar refractivity (Wildman–Crippen MR) is 104 cm³/mol. The lowest BCUT2D eigenvalue weighted by Gasteiger charge is -2.16. The van der Waals surface area contributed by atoms with Gasteiger partial charge in [-0.1, -0.05) is 23.7 Å². The molecule has 1 aliphatic rings. The van der Waals surface area contributed by atoms with Crippen molar-refractivity contribution in [1.29, 1.82) is 0 Å². The van der Waals surface area contributed by atoms with E-state index in [2.05, 4.69) is 5.32 Å². The van der Waals surface area contributed by atoms with E-state index in [1.807, 2.05) is 47.8 Å². The molecule has 1 heterocycles. The number of nitrogens with one attached hydrogen (secondary N) is 1. The Morgan fingerprint density at radius 1 is 1.24 bits per heavy atom. The van der Waals surface area contributed by atoms with Gasteiger partial charge < -0.3 is 10.1 Å². The average molecular weight is 398 g/mol. The summed E-state index contributed by atoms with van der Waals surface area (Å²) in [6.07, 6.45) is -0.706. The fraction of sp³-hybridized carbons (Fsp3) is 0.278. The second-order valence-corrected chi connectivity index (χ2v) is 8.65. The molecule has 0 saturated carbocycles. The van der Waals surface area contributed by atoms with E-state index in [-0.39, 0.29) is 10.9 Å².